The molecule has 2 heterocycles. The van der Waals surface area contributed by atoms with E-state index in [1.54, 1.807) is 54.9 Å². The molecule has 131 heavy (non-hydrogen) atoms. The number of carbonyl (C=O) groups is 15. The van der Waals surface area contributed by atoms with E-state index in [0.717, 1.165) is 22.4 Å². The molecule has 22 N–H and O–H groups in total. The molecule has 2 aliphatic rings. The molecule has 1 aliphatic carbocycles. The summed E-state index contributed by atoms with van der Waals surface area (Å²) in [4.78, 5) is 236. The van der Waals surface area contributed by atoms with Crippen LogP contribution in [0.3, 0.4) is 0 Å². The van der Waals surface area contributed by atoms with Crippen LogP contribution in [0.2, 0.25) is 0 Å². The molecule has 1 aliphatic heterocycles. The van der Waals surface area contributed by atoms with Crippen molar-refractivity contribution < 1.29 is 130 Å². The van der Waals surface area contributed by atoms with E-state index in [1.165, 1.54) is 11.8 Å². The Labute approximate surface area is 764 Å². The van der Waals surface area contributed by atoms with E-state index < -0.39 is 127 Å². The van der Waals surface area contributed by atoms with Crippen molar-refractivity contribution >= 4 is 133 Å². The molecule has 1 aromatic heterocycles. The standard InChI is InChI=1S/C84H129N17O27P2S/c1-58-15-3-4-17-62(58)99-82(117)95-61-26-23-59(24-27-61)55-74(108)97-64(19-6-10-38-89-68(102)28-25-60-16-12-37-87-57-60)78(113)98-65(20-11-22-76(110)111)79(114)100-83(34-7-2-8-35-83)81(116)94-44-49-128-53-52-127-47-42-92-70(104)30-29-69(103)91-41-46-125-50-51-126-48-43-93-71(105)31-32-73(107)96-63(77(86)112)18-5-9-39-90-72(106)33-45-101-75(109)56-66(80(101)115)131-54-13-21-67(85)88-40-14-36-84(118,129(119,120)121)130(122,123)124/h3-4,12,15-17,23-24,26-27,37,57,63-66,118H,2,5-11,13-14,18-22,25,28-36,38-56H2,1H3,(H2,85,88)(H2,86,112)(H,89,102)(H,90,106)(H,91,103)(H,92,104)(H,93,105)(H,94,116)(H,96,107)(H,97,108)(H,98,113)(H,100,114)(H,110,111)(H2,95,99,117)(H2,119,120,121)(H2,122,123,124)/t63-,64-,65-,66?/m0/s1. The van der Waals surface area contributed by atoms with Gasteiger partial charge in [-0.15, -0.1) is 11.8 Å². The normalized spacial score (nSPS) is 14.4. The zero-order chi connectivity index (χ0) is 96.0. The molecule has 2 fully saturated rings. The molecular formula is C84H129N17O27P2S. The number of nitrogens with two attached hydrogens (primary N) is 1. The van der Waals surface area contributed by atoms with Crippen molar-refractivity contribution in [3.8, 4) is 0 Å². The van der Waals surface area contributed by atoms with Gasteiger partial charge in [-0.3, -0.25) is 91.5 Å². The number of carboxylic acids is 1. The number of aromatic nitrogens is 1. The number of rotatable bonds is 67. The summed E-state index contributed by atoms with van der Waals surface area (Å²) < 4.78 is 45.2. The number of unbranched alkanes of at least 4 members (excludes halogenated alkanes) is 2. The predicted molar refractivity (Wildman–Crippen MR) is 480 cm³/mol. The van der Waals surface area contributed by atoms with Gasteiger partial charge in [0, 0.05) is 140 Å². The second-order valence-corrected chi connectivity index (χ2v) is 36.7. The Bertz CT molecular complexity index is 4300. The predicted octanol–water partition coefficient (Wildman–Crippen LogP) is 1.27. The number of ether oxygens (including phenoxy) is 4. The molecule has 0 bridgehead atoms. The lowest BCUT2D eigenvalue weighted by molar-refractivity contribution is -0.139. The number of pyridine rings is 1. The Hall–Kier alpha value is -10.4. The number of carboxylic acid groups (broad SMARTS) is 1. The van der Waals surface area contributed by atoms with Crippen LogP contribution in [0.4, 0.5) is 16.2 Å². The SMILES string of the molecule is Cc1ccccc1NC(=O)Nc1ccc(CC(=O)N[C@@H](CCCCNC(=O)CCc2cccnc2)C(=O)N[C@@H](CCCC(=O)O)C(=O)NC2(C(=O)NCCOCCOCCNC(=O)CCC(=O)NCCOCCOCCNC(=O)CCC(=O)N[C@@H](CCCCNC(=O)CCN3C(=O)CC(SCCCC(=N)NCCCC(O)(P(=O)(O)O)P(=O)(O)O)C3=O)C(N)=O)CCCCC2)cc1. The number of likely N-dealkylation sites (tertiary alicyclic amines) is 1. The number of thioether (sulfide) groups is 1. The van der Waals surface area contributed by atoms with Crippen molar-refractivity contribution in [1.29, 1.82) is 5.41 Å². The molecule has 0 radical (unpaired) electrons. The van der Waals surface area contributed by atoms with Gasteiger partial charge in [0.25, 0.3) is 5.08 Å². The van der Waals surface area contributed by atoms with Crippen molar-refractivity contribution in [2.24, 2.45) is 5.73 Å². The number of amidine groups is 1. The molecule has 5 rings (SSSR count). The van der Waals surface area contributed by atoms with Crippen LogP contribution in [-0.2, 0) is 108 Å². The summed E-state index contributed by atoms with van der Waals surface area (Å²) in [5.41, 5.74) is 7.56. The van der Waals surface area contributed by atoms with E-state index in [4.69, 9.17) is 30.1 Å². The van der Waals surface area contributed by atoms with Gasteiger partial charge in [0.05, 0.1) is 70.4 Å². The average Bonchev–Trinajstić information content (AvgIpc) is 0.813. The highest BCUT2D eigenvalue weighted by molar-refractivity contribution is 8.00. The van der Waals surface area contributed by atoms with Crippen molar-refractivity contribution in [3.63, 3.8) is 0 Å². The van der Waals surface area contributed by atoms with Gasteiger partial charge in [-0.1, -0.05) is 55.7 Å². The number of nitrogens with zero attached hydrogens (tertiary/aromatic N) is 2. The molecule has 4 atom stereocenters. The highest BCUT2D eigenvalue weighted by Crippen LogP contribution is 2.69. The monoisotopic (exact) mass is 1900 g/mol. The van der Waals surface area contributed by atoms with Crippen LogP contribution in [0.5, 0.6) is 0 Å². The van der Waals surface area contributed by atoms with Crippen molar-refractivity contribution in [2.45, 2.75) is 214 Å². The first-order valence-electron chi connectivity index (χ1n) is 43.8. The smallest absolute Gasteiger partial charge is 0.369 e. The molecule has 1 saturated heterocycles. The number of nitrogens with one attached hydrogen (secondary N) is 14. The van der Waals surface area contributed by atoms with Crippen LogP contribution >= 0.6 is 27.0 Å². The molecule has 1 saturated carbocycles. The summed E-state index contributed by atoms with van der Waals surface area (Å²) in [6, 6.07) is 13.5. The van der Waals surface area contributed by atoms with E-state index in [9.17, 15) is 111 Å². The number of aliphatic hydroxyl groups is 1. The van der Waals surface area contributed by atoms with Gasteiger partial charge in [-0.25, -0.2) is 4.79 Å². The highest BCUT2D eigenvalue weighted by Gasteiger charge is 2.58. The summed E-state index contributed by atoms with van der Waals surface area (Å²) >= 11 is 1.20. The van der Waals surface area contributed by atoms with Crippen molar-refractivity contribution in [3.05, 3.63) is 89.7 Å². The van der Waals surface area contributed by atoms with Gasteiger partial charge < -0.3 is 124 Å². The number of hydrogen-bond donors (Lipinski definition) is 21. The number of aliphatic carboxylic acids is 1. The molecule has 44 nitrogen and oxygen atoms in total. The third-order valence-electron chi connectivity index (χ3n) is 20.9. The minimum atomic E-state index is -5.59. The van der Waals surface area contributed by atoms with Crippen LogP contribution in [0.25, 0.3) is 0 Å². The van der Waals surface area contributed by atoms with Crippen molar-refractivity contribution in [1.82, 2.24) is 68.4 Å². The summed E-state index contributed by atoms with van der Waals surface area (Å²) in [6.07, 6.45) is 6.26. The van der Waals surface area contributed by atoms with Gasteiger partial charge in [-0.05, 0) is 137 Å². The Balaban J connectivity index is 0.873. The minimum absolute atomic E-state index is 0.00960. The first-order chi connectivity index (χ1) is 62.5. The second-order valence-electron chi connectivity index (χ2n) is 31.4. The Morgan fingerprint density at radius 3 is 1.63 bits per heavy atom. The molecular weight excluding hydrogens is 1770 g/mol. The van der Waals surface area contributed by atoms with Gasteiger partial charge >= 0.3 is 27.2 Å². The number of amides is 15. The fourth-order valence-electron chi connectivity index (χ4n) is 13.6. The first-order valence-corrected chi connectivity index (χ1v) is 48.1. The lowest BCUT2D eigenvalue weighted by Crippen LogP contribution is -2.63. The maximum Gasteiger partial charge on any atom is 0.369 e. The number of imide groups is 1. The summed E-state index contributed by atoms with van der Waals surface area (Å²) in [6.45, 7) is 3.67. The van der Waals surface area contributed by atoms with Gasteiger partial charge in [0.15, 0.2) is 0 Å². The summed E-state index contributed by atoms with van der Waals surface area (Å²) in [5.74, 6) is -7.31. The third kappa shape index (κ3) is 44.6. The van der Waals surface area contributed by atoms with E-state index in [0.29, 0.717) is 74.1 Å². The number of carbonyl (C=O) groups excluding carboxylic acids is 14. The van der Waals surface area contributed by atoms with Crippen LogP contribution in [0.1, 0.15) is 177 Å². The number of benzene rings is 2. The Kier molecular flexibility index (Phi) is 51.4. The van der Waals surface area contributed by atoms with Gasteiger partial charge in [0.1, 0.15) is 23.7 Å². The number of para-hydroxylation sites is 1. The number of hydrogen-bond acceptors (Lipinski definition) is 25. The van der Waals surface area contributed by atoms with Crippen LogP contribution in [-0.4, -0.2) is 279 Å². The first kappa shape index (κ1) is 111. The van der Waals surface area contributed by atoms with Crippen LogP contribution in [0.15, 0.2) is 73.1 Å². The fourth-order valence-corrected chi connectivity index (χ4v) is 17.0. The number of anilines is 2. The lowest BCUT2D eigenvalue weighted by Gasteiger charge is -2.38. The maximum atomic E-state index is 14.4. The Morgan fingerprint density at radius 1 is 0.550 bits per heavy atom. The van der Waals surface area contributed by atoms with Gasteiger partial charge in [-0.2, -0.15) is 0 Å². The van der Waals surface area contributed by atoms with E-state index in [-0.39, 0.29) is 238 Å². The van der Waals surface area contributed by atoms with Gasteiger partial charge in [0.2, 0.25) is 76.8 Å². The molecule has 0 spiro atoms. The quantitative estimate of drug-likeness (QED) is 0.0124. The third-order valence-corrected chi connectivity index (χ3v) is 26.1. The molecule has 1 unspecified atom stereocenters. The molecule has 3 aromatic rings. The number of urea groups is 1. The number of aryl methyl sites for hydroxylation is 2. The van der Waals surface area contributed by atoms with Crippen LogP contribution in [0, 0.1) is 12.3 Å². The second kappa shape index (κ2) is 60.6. The van der Waals surface area contributed by atoms with Crippen molar-refractivity contribution in [2.75, 3.05) is 122 Å². The maximum absolute atomic E-state index is 14.4. The lowest BCUT2D eigenvalue weighted by atomic mass is 9.80. The average molecular weight is 1900 g/mol. The number of primary amides is 1. The fraction of sp³-hybridized carbons (Fsp3) is 0.607. The molecule has 728 valence electrons. The molecule has 47 heteroatoms. The highest BCUT2D eigenvalue weighted by atomic mass is 32.2. The molecule has 15 amide bonds. The zero-order valence-corrected chi connectivity index (χ0v) is 76.5. The van der Waals surface area contributed by atoms with E-state index in [2.05, 4.69) is 74.1 Å². The largest absolute Gasteiger partial charge is 0.481 e. The Morgan fingerprint density at radius 2 is 1.07 bits per heavy atom. The summed E-state index contributed by atoms with van der Waals surface area (Å²) in [5, 5.41) is 58.9. The molecule has 2 aromatic carbocycles. The minimum Gasteiger partial charge on any atom is -0.481 e. The zero-order valence-electron chi connectivity index (χ0n) is 73.9. The topological polar surface area (TPSA) is 671 Å². The summed E-state index contributed by atoms with van der Waals surface area (Å²) in [7, 11) is -11.2. The van der Waals surface area contributed by atoms with Crippen LogP contribution < -0.4 is 74.9 Å². The van der Waals surface area contributed by atoms with E-state index >= 15 is 0 Å². The van der Waals surface area contributed by atoms with E-state index in [1.807, 2.05) is 25.1 Å².